The van der Waals surface area contributed by atoms with Crippen molar-refractivity contribution in [2.24, 2.45) is 5.41 Å². The summed E-state index contributed by atoms with van der Waals surface area (Å²) in [4.78, 5) is 13.4. The van der Waals surface area contributed by atoms with Gasteiger partial charge in [0.2, 0.25) is 0 Å². The van der Waals surface area contributed by atoms with Crippen LogP contribution in [0.2, 0.25) is 5.02 Å². The van der Waals surface area contributed by atoms with E-state index in [1.807, 2.05) is 51.0 Å². The number of carbonyl (C=O) groups excluding carboxylic acids is 1. The van der Waals surface area contributed by atoms with E-state index >= 15 is 0 Å². The normalized spacial score (nSPS) is 21.5. The van der Waals surface area contributed by atoms with Crippen molar-refractivity contribution in [3.8, 4) is 0 Å². The zero-order valence-electron chi connectivity index (χ0n) is 11.7. The summed E-state index contributed by atoms with van der Waals surface area (Å²) in [6.45, 7) is 4.48. The Morgan fingerprint density at radius 3 is 2.68 bits per heavy atom. The monoisotopic (exact) mass is 282 g/mol. The molecular weight excluding hydrogens is 264 g/mol. The van der Waals surface area contributed by atoms with Crippen LogP contribution in [0.4, 0.5) is 10.5 Å². The molecule has 2 rings (SSSR count). The lowest BCUT2D eigenvalue weighted by Gasteiger charge is -2.39. The smallest absolute Gasteiger partial charge is 0.407 e. The quantitative estimate of drug-likeness (QED) is 0.906. The highest BCUT2D eigenvalue weighted by atomic mass is 35.5. The third kappa shape index (κ3) is 2.78. The van der Waals surface area contributed by atoms with Crippen molar-refractivity contribution >= 4 is 23.4 Å². The van der Waals surface area contributed by atoms with Crippen molar-refractivity contribution in [3.05, 3.63) is 28.8 Å². The maximum Gasteiger partial charge on any atom is 0.407 e. The Bertz CT molecular complexity index is 500. The van der Waals surface area contributed by atoms with Gasteiger partial charge in [0, 0.05) is 30.2 Å². The molecule has 0 radical (unpaired) electrons. The van der Waals surface area contributed by atoms with Crippen molar-refractivity contribution in [2.45, 2.75) is 19.9 Å². The van der Waals surface area contributed by atoms with Crippen LogP contribution in [0.3, 0.4) is 0 Å². The number of benzene rings is 1. The van der Waals surface area contributed by atoms with Gasteiger partial charge in [-0.15, -0.1) is 0 Å². The predicted octanol–water partition coefficient (Wildman–Crippen LogP) is 3.21. The second-order valence-electron chi connectivity index (χ2n) is 5.74. The Morgan fingerprint density at radius 1 is 1.42 bits per heavy atom. The SMILES string of the molecule is CN(C)c1ccc([C@@H]2NC(=O)OCC2(C)C)c(Cl)c1. The maximum atomic E-state index is 11.4. The van der Waals surface area contributed by atoms with E-state index in [1.165, 1.54) is 0 Å². The predicted molar refractivity (Wildman–Crippen MR) is 76.8 cm³/mol. The van der Waals surface area contributed by atoms with Gasteiger partial charge in [-0.25, -0.2) is 4.79 Å². The molecule has 1 heterocycles. The number of rotatable bonds is 2. The molecule has 104 valence electrons. The van der Waals surface area contributed by atoms with E-state index in [0.29, 0.717) is 11.6 Å². The van der Waals surface area contributed by atoms with Crippen LogP contribution >= 0.6 is 11.6 Å². The number of nitrogens with zero attached hydrogens (tertiary/aromatic N) is 1. The highest BCUT2D eigenvalue weighted by molar-refractivity contribution is 6.31. The summed E-state index contributed by atoms with van der Waals surface area (Å²) in [7, 11) is 3.93. The van der Waals surface area contributed by atoms with Crippen LogP contribution in [0.15, 0.2) is 18.2 Å². The number of alkyl carbamates (subject to hydrolysis) is 1. The molecule has 0 aliphatic carbocycles. The van der Waals surface area contributed by atoms with Crippen molar-refractivity contribution < 1.29 is 9.53 Å². The Kier molecular flexibility index (Phi) is 3.63. The lowest BCUT2D eigenvalue weighted by Crippen LogP contribution is -2.47. The first-order valence-electron chi connectivity index (χ1n) is 6.21. The summed E-state index contributed by atoms with van der Waals surface area (Å²) < 4.78 is 5.05. The fourth-order valence-electron chi connectivity index (χ4n) is 2.22. The Balaban J connectivity index is 2.37. The first-order valence-corrected chi connectivity index (χ1v) is 6.59. The number of cyclic esters (lactones) is 1. The molecule has 0 bridgehead atoms. The van der Waals surface area contributed by atoms with Gasteiger partial charge in [0.25, 0.3) is 0 Å². The summed E-state index contributed by atoms with van der Waals surface area (Å²) in [6.07, 6.45) is -0.392. The highest BCUT2D eigenvalue weighted by Gasteiger charge is 2.38. The highest BCUT2D eigenvalue weighted by Crippen LogP contribution is 2.40. The van der Waals surface area contributed by atoms with Crippen LogP contribution in [0.5, 0.6) is 0 Å². The Labute approximate surface area is 118 Å². The van der Waals surface area contributed by atoms with E-state index in [4.69, 9.17) is 16.3 Å². The largest absolute Gasteiger partial charge is 0.449 e. The summed E-state index contributed by atoms with van der Waals surface area (Å²) in [5.74, 6) is 0. The molecule has 4 nitrogen and oxygen atoms in total. The van der Waals surface area contributed by atoms with Gasteiger partial charge in [-0.2, -0.15) is 0 Å². The summed E-state index contributed by atoms with van der Waals surface area (Å²) in [5, 5.41) is 3.51. The van der Waals surface area contributed by atoms with Crippen molar-refractivity contribution in [2.75, 3.05) is 25.6 Å². The Morgan fingerprint density at radius 2 is 2.11 bits per heavy atom. The van der Waals surface area contributed by atoms with Gasteiger partial charge in [-0.3, -0.25) is 0 Å². The number of carbonyl (C=O) groups is 1. The topological polar surface area (TPSA) is 41.6 Å². The number of amides is 1. The molecule has 1 aromatic rings. The molecule has 0 spiro atoms. The van der Waals surface area contributed by atoms with Crippen LogP contribution in [0.1, 0.15) is 25.5 Å². The molecule has 0 aromatic heterocycles. The van der Waals surface area contributed by atoms with Gasteiger partial charge in [0.1, 0.15) is 6.61 Å². The fraction of sp³-hybridized carbons (Fsp3) is 0.500. The summed E-state index contributed by atoms with van der Waals surface area (Å²) in [5.41, 5.74) is 1.76. The number of halogens is 1. The van der Waals surface area contributed by atoms with Gasteiger partial charge in [-0.1, -0.05) is 31.5 Å². The molecule has 1 N–H and O–H groups in total. The molecule has 1 fully saturated rings. The average molecular weight is 283 g/mol. The van der Waals surface area contributed by atoms with Crippen molar-refractivity contribution in [1.29, 1.82) is 0 Å². The molecule has 1 amide bonds. The summed E-state index contributed by atoms with van der Waals surface area (Å²) >= 11 is 6.36. The minimum atomic E-state index is -0.392. The second-order valence-corrected chi connectivity index (χ2v) is 6.15. The second kappa shape index (κ2) is 4.93. The third-order valence-corrected chi connectivity index (χ3v) is 3.76. The van der Waals surface area contributed by atoms with Crippen molar-refractivity contribution in [1.82, 2.24) is 5.32 Å². The van der Waals surface area contributed by atoms with Crippen LogP contribution in [-0.4, -0.2) is 26.8 Å². The first kappa shape index (κ1) is 14.0. The Hall–Kier alpha value is -1.42. The lowest BCUT2D eigenvalue weighted by atomic mass is 9.80. The van der Waals surface area contributed by atoms with Gasteiger partial charge in [0.05, 0.1) is 6.04 Å². The molecule has 5 heteroatoms. The number of ether oxygens (including phenoxy) is 1. The van der Waals surface area contributed by atoms with Crippen LogP contribution in [0.25, 0.3) is 0 Å². The molecule has 0 unspecified atom stereocenters. The third-order valence-electron chi connectivity index (χ3n) is 3.43. The zero-order chi connectivity index (χ0) is 14.2. The molecule has 19 heavy (non-hydrogen) atoms. The van der Waals surface area contributed by atoms with Crippen LogP contribution in [0, 0.1) is 5.41 Å². The van der Waals surface area contributed by atoms with Gasteiger partial charge in [-0.05, 0) is 17.7 Å². The first-order chi connectivity index (χ1) is 8.81. The maximum absolute atomic E-state index is 11.4. The number of anilines is 1. The van der Waals surface area contributed by atoms with Gasteiger partial charge >= 0.3 is 6.09 Å². The molecule has 1 aliphatic heterocycles. The van der Waals surface area contributed by atoms with Gasteiger partial charge in [0.15, 0.2) is 0 Å². The molecule has 1 saturated heterocycles. The molecule has 1 atom stereocenters. The minimum Gasteiger partial charge on any atom is -0.449 e. The zero-order valence-corrected chi connectivity index (χ0v) is 12.4. The standard InChI is InChI=1S/C14H19ClN2O2/c1-14(2)8-19-13(18)16-12(14)10-6-5-9(17(3)4)7-11(10)15/h5-7,12H,8H2,1-4H3,(H,16,18)/t12-/m0/s1. The van der Waals surface area contributed by atoms with E-state index in [9.17, 15) is 4.79 Å². The van der Waals surface area contributed by atoms with E-state index < -0.39 is 6.09 Å². The fourth-order valence-corrected chi connectivity index (χ4v) is 2.50. The van der Waals surface area contributed by atoms with E-state index in [2.05, 4.69) is 5.32 Å². The minimum absolute atomic E-state index is 0.141. The van der Waals surface area contributed by atoms with E-state index in [0.717, 1.165) is 11.3 Å². The molecule has 0 saturated carbocycles. The van der Waals surface area contributed by atoms with E-state index in [1.54, 1.807) is 0 Å². The van der Waals surface area contributed by atoms with Crippen molar-refractivity contribution in [3.63, 3.8) is 0 Å². The van der Waals surface area contributed by atoms with Gasteiger partial charge < -0.3 is 15.0 Å². The number of hydrogen-bond acceptors (Lipinski definition) is 3. The number of nitrogens with one attached hydrogen (secondary N) is 1. The lowest BCUT2D eigenvalue weighted by molar-refractivity contribution is 0.0388. The van der Waals surface area contributed by atoms with Crippen LogP contribution in [-0.2, 0) is 4.74 Å². The summed E-state index contributed by atoms with van der Waals surface area (Å²) in [6, 6.07) is 5.74. The van der Waals surface area contributed by atoms with E-state index in [-0.39, 0.29) is 11.5 Å². The number of hydrogen-bond donors (Lipinski definition) is 1. The molecular formula is C14H19ClN2O2. The molecule has 1 aliphatic rings. The average Bonchev–Trinajstić information content (AvgIpc) is 2.32. The molecule has 1 aromatic carbocycles. The van der Waals surface area contributed by atoms with Crippen LogP contribution < -0.4 is 10.2 Å².